The van der Waals surface area contributed by atoms with E-state index in [0.717, 1.165) is 0 Å². The number of nitrogens with one attached hydrogen (secondary N) is 1. The van der Waals surface area contributed by atoms with Gasteiger partial charge in [-0.2, -0.15) is 5.10 Å². The first kappa shape index (κ1) is 5.90. The molecular weight excluding hydrogens is 96.0 g/mol. The van der Waals surface area contributed by atoms with Crippen LogP contribution in [0.2, 0.25) is 0 Å². The third-order valence-corrected chi connectivity index (χ3v) is 0.434. The lowest BCUT2D eigenvalue weighted by molar-refractivity contribution is 0.824. The summed E-state index contributed by atoms with van der Waals surface area (Å²) in [6, 6.07) is 0. The Morgan fingerprint density at radius 2 is 2.43 bits per heavy atom. The summed E-state index contributed by atoms with van der Waals surface area (Å²) in [6.07, 6.45) is 1.36. The van der Waals surface area contributed by atoms with E-state index in [1.54, 1.807) is 0 Å². The third kappa shape index (κ3) is 1.18. The number of rotatable bonds is 0. The Balaban J connectivity index is 0.000000360. The van der Waals surface area contributed by atoms with Crippen LogP contribution in [0.4, 0.5) is 5.95 Å². The van der Waals surface area contributed by atoms with Crippen LogP contribution in [0.25, 0.3) is 0 Å². The van der Waals surface area contributed by atoms with Crippen LogP contribution >= 0.6 is 0 Å². The minimum atomic E-state index is 0. The van der Waals surface area contributed by atoms with Crippen LogP contribution < -0.4 is 5.73 Å². The summed E-state index contributed by atoms with van der Waals surface area (Å²) >= 11 is 0. The maximum absolute atomic E-state index is 5.05. The Bertz CT molecular complexity index is 113. The largest absolute Gasteiger partial charge is 0.412 e. The van der Waals surface area contributed by atoms with Crippen LogP contribution in [0.3, 0.4) is 0 Å². The molecule has 0 aromatic carbocycles. The number of hydrogen-bond acceptors (Lipinski definition) is 3. The van der Waals surface area contributed by atoms with Crippen molar-refractivity contribution in [1.29, 1.82) is 0 Å². The molecule has 0 amide bonds. The minimum Gasteiger partial charge on any atom is -0.412 e. The lowest BCUT2D eigenvalue weighted by Gasteiger charge is -1.68. The molecule has 0 fully saturated rings. The molecule has 0 atom stereocenters. The van der Waals surface area contributed by atoms with Crippen molar-refractivity contribution in [2.75, 3.05) is 5.73 Å². The highest BCUT2D eigenvalue weighted by Gasteiger charge is 1.75. The number of nitrogen functional groups attached to an aromatic ring is 1. The molecule has 1 aromatic heterocycles. The van der Waals surface area contributed by atoms with Crippen molar-refractivity contribution in [2.24, 2.45) is 0 Å². The summed E-state index contributed by atoms with van der Waals surface area (Å²) in [6.45, 7) is 0. The molecule has 1 heterocycles. The summed E-state index contributed by atoms with van der Waals surface area (Å²) in [5.74, 6) is 0.356. The topological polar surface area (TPSA) is 99.1 Å². The molecule has 0 spiro atoms. The van der Waals surface area contributed by atoms with Gasteiger partial charge in [0.05, 0.1) is 0 Å². The number of nitrogens with two attached hydrogens (primary N) is 1. The standard InChI is InChI=1S/C2H4N4.H2O/c3-2-4-1-5-6-2;/h1H,(H3,3,4,5,6);1H2. The zero-order valence-corrected chi connectivity index (χ0v) is 3.55. The van der Waals surface area contributed by atoms with E-state index < -0.39 is 0 Å². The summed E-state index contributed by atoms with van der Waals surface area (Å²) in [4.78, 5) is 3.53. The molecule has 1 rings (SSSR count). The van der Waals surface area contributed by atoms with Crippen molar-refractivity contribution < 1.29 is 5.48 Å². The first-order valence-electron chi connectivity index (χ1n) is 1.50. The quantitative estimate of drug-likeness (QED) is 0.419. The van der Waals surface area contributed by atoms with Crippen molar-refractivity contribution >= 4 is 5.95 Å². The van der Waals surface area contributed by atoms with E-state index in [9.17, 15) is 0 Å². The van der Waals surface area contributed by atoms with E-state index in [0.29, 0.717) is 5.95 Å². The van der Waals surface area contributed by atoms with Gasteiger partial charge in [0.1, 0.15) is 6.33 Å². The van der Waals surface area contributed by atoms with Gasteiger partial charge in [-0.15, -0.1) is 0 Å². The molecule has 0 bridgehead atoms. The van der Waals surface area contributed by atoms with Crippen LogP contribution in [-0.4, -0.2) is 20.7 Å². The van der Waals surface area contributed by atoms with Crippen molar-refractivity contribution in [3.05, 3.63) is 6.33 Å². The summed E-state index contributed by atoms with van der Waals surface area (Å²) < 4.78 is 0. The molecule has 5 nitrogen and oxygen atoms in total. The van der Waals surface area contributed by atoms with Crippen molar-refractivity contribution in [2.45, 2.75) is 0 Å². The average Bonchev–Trinajstić information content (AvgIpc) is 1.86. The fourth-order valence-corrected chi connectivity index (χ4v) is 0.215. The lowest BCUT2D eigenvalue weighted by atomic mass is 11.1. The molecule has 0 saturated heterocycles. The van der Waals surface area contributed by atoms with E-state index in [-0.39, 0.29) is 5.48 Å². The van der Waals surface area contributed by atoms with Crippen LogP contribution in [0, 0.1) is 0 Å². The molecule has 40 valence electrons. The second-order valence-corrected chi connectivity index (χ2v) is 0.871. The van der Waals surface area contributed by atoms with Gasteiger partial charge in [-0.25, -0.2) is 10.1 Å². The second kappa shape index (κ2) is 2.14. The first-order valence-corrected chi connectivity index (χ1v) is 1.50. The molecule has 0 radical (unpaired) electrons. The number of aromatic amines is 1. The Labute approximate surface area is 39.9 Å². The molecule has 0 aliphatic heterocycles. The zero-order chi connectivity index (χ0) is 4.41. The fourth-order valence-electron chi connectivity index (χ4n) is 0.215. The van der Waals surface area contributed by atoms with Gasteiger partial charge in [-0.3, -0.25) is 0 Å². The number of hydrogen-bond donors (Lipinski definition) is 2. The molecule has 0 unspecified atom stereocenters. The monoisotopic (exact) mass is 102 g/mol. The molecule has 0 aliphatic rings. The van der Waals surface area contributed by atoms with Gasteiger partial charge in [0, 0.05) is 0 Å². The summed E-state index contributed by atoms with van der Waals surface area (Å²) in [7, 11) is 0. The van der Waals surface area contributed by atoms with Crippen LogP contribution in [0.5, 0.6) is 0 Å². The minimum absolute atomic E-state index is 0. The van der Waals surface area contributed by atoms with Gasteiger partial charge in [0.25, 0.3) is 0 Å². The highest BCUT2D eigenvalue weighted by Crippen LogP contribution is 1.76. The molecule has 7 heavy (non-hydrogen) atoms. The maximum Gasteiger partial charge on any atom is 0.215 e. The first-order chi connectivity index (χ1) is 2.89. The van der Waals surface area contributed by atoms with Gasteiger partial charge in [0.2, 0.25) is 5.95 Å². The third-order valence-electron chi connectivity index (χ3n) is 0.434. The SMILES string of the molecule is Nc1ncn[nH]1.O. The fraction of sp³-hybridized carbons (Fsp3) is 0. The van der Waals surface area contributed by atoms with Crippen LogP contribution in [0.1, 0.15) is 0 Å². The smallest absolute Gasteiger partial charge is 0.215 e. The highest BCUT2D eigenvalue weighted by atomic mass is 16.0. The summed E-state index contributed by atoms with van der Waals surface area (Å²) in [5, 5.41) is 5.88. The van der Waals surface area contributed by atoms with Crippen molar-refractivity contribution in [3.63, 3.8) is 0 Å². The molecule has 1 aromatic rings. The lowest BCUT2D eigenvalue weighted by Crippen LogP contribution is -1.84. The maximum atomic E-state index is 5.05. The second-order valence-electron chi connectivity index (χ2n) is 0.871. The highest BCUT2D eigenvalue weighted by molar-refractivity contribution is 5.07. The average molecular weight is 102 g/mol. The van der Waals surface area contributed by atoms with E-state index >= 15 is 0 Å². The van der Waals surface area contributed by atoms with Gasteiger partial charge in [-0.05, 0) is 0 Å². The van der Waals surface area contributed by atoms with Gasteiger partial charge >= 0.3 is 0 Å². The van der Waals surface area contributed by atoms with Gasteiger partial charge < -0.3 is 11.2 Å². The Morgan fingerprint density at radius 3 is 2.57 bits per heavy atom. The number of H-pyrrole nitrogens is 1. The molecule has 5 N–H and O–H groups in total. The van der Waals surface area contributed by atoms with Gasteiger partial charge in [0.15, 0.2) is 0 Å². The summed E-state index contributed by atoms with van der Waals surface area (Å²) in [5.41, 5.74) is 5.05. The Morgan fingerprint density at radius 1 is 1.71 bits per heavy atom. The normalized spacial score (nSPS) is 7.43. The van der Waals surface area contributed by atoms with E-state index in [1.807, 2.05) is 0 Å². The van der Waals surface area contributed by atoms with E-state index in [1.165, 1.54) is 6.33 Å². The van der Waals surface area contributed by atoms with Crippen LogP contribution in [-0.2, 0) is 0 Å². The van der Waals surface area contributed by atoms with Crippen molar-refractivity contribution in [3.8, 4) is 0 Å². The molecule has 0 aliphatic carbocycles. The predicted molar refractivity (Wildman–Crippen MR) is 24.4 cm³/mol. The van der Waals surface area contributed by atoms with E-state index in [4.69, 9.17) is 5.73 Å². The van der Waals surface area contributed by atoms with Crippen molar-refractivity contribution in [1.82, 2.24) is 15.2 Å². The molecule has 0 saturated carbocycles. The van der Waals surface area contributed by atoms with E-state index in [2.05, 4.69) is 15.2 Å². The predicted octanol–water partition coefficient (Wildman–Crippen LogP) is -1.44. The molecular formula is C2H6N4O. The number of aromatic nitrogens is 3. The Kier molecular flexibility index (Phi) is 1.80. The van der Waals surface area contributed by atoms with Gasteiger partial charge in [-0.1, -0.05) is 0 Å². The van der Waals surface area contributed by atoms with Crippen LogP contribution in [0.15, 0.2) is 6.33 Å². The zero-order valence-electron chi connectivity index (χ0n) is 3.55. The number of anilines is 1. The Hall–Kier alpha value is -1.10. The number of nitrogens with zero attached hydrogens (tertiary/aromatic N) is 2. The molecule has 5 heteroatoms.